The zero-order chi connectivity index (χ0) is 19.2. The fourth-order valence-corrected chi connectivity index (χ4v) is 3.85. The molecule has 0 radical (unpaired) electrons. The Hall–Kier alpha value is -2.66. The van der Waals surface area contributed by atoms with E-state index in [9.17, 15) is 0 Å². The Morgan fingerprint density at radius 2 is 1.75 bits per heavy atom. The van der Waals surface area contributed by atoms with Crippen molar-refractivity contribution in [1.82, 2.24) is 14.9 Å². The number of hydrogen-bond acceptors (Lipinski definition) is 5. The molecule has 2 heterocycles. The quantitative estimate of drug-likeness (QED) is 0.634. The van der Waals surface area contributed by atoms with Crippen LogP contribution >= 0.6 is 0 Å². The molecular weight excluding hydrogens is 346 g/mol. The van der Waals surface area contributed by atoms with Gasteiger partial charge in [-0.3, -0.25) is 4.90 Å². The minimum Gasteiger partial charge on any atom is -0.369 e. The van der Waals surface area contributed by atoms with Crippen molar-refractivity contribution in [3.05, 3.63) is 60.4 Å². The van der Waals surface area contributed by atoms with Crippen LogP contribution in [0.25, 0.3) is 10.9 Å². The fraction of sp³-hybridized carbons (Fsp3) is 0.391. The SMILES string of the molecule is Cc1ccc2ncnc(NCCCCN3CCN(c4ccccc4)CC3)c2c1. The molecule has 0 atom stereocenters. The number of hydrogen-bond donors (Lipinski definition) is 1. The lowest BCUT2D eigenvalue weighted by Gasteiger charge is -2.36. The molecule has 1 N–H and O–H groups in total. The molecule has 0 saturated carbocycles. The van der Waals surface area contributed by atoms with E-state index in [0.29, 0.717) is 0 Å². The standard InChI is InChI=1S/C23H29N5/c1-19-9-10-22-21(17-19)23(26-18-25-22)24-11-5-6-12-27-13-15-28(16-14-27)20-7-3-2-4-8-20/h2-4,7-10,17-18H,5-6,11-16H2,1H3,(H,24,25,26). The second kappa shape index (κ2) is 9.02. The van der Waals surface area contributed by atoms with Crippen LogP contribution in [0.1, 0.15) is 18.4 Å². The first-order chi connectivity index (χ1) is 13.8. The van der Waals surface area contributed by atoms with Gasteiger partial charge in [-0.1, -0.05) is 29.8 Å². The van der Waals surface area contributed by atoms with Crippen LogP contribution in [0.15, 0.2) is 54.9 Å². The molecule has 1 aromatic heterocycles. The number of piperazine rings is 1. The van der Waals surface area contributed by atoms with Crippen LogP contribution in [0.2, 0.25) is 0 Å². The number of nitrogens with one attached hydrogen (secondary N) is 1. The maximum absolute atomic E-state index is 4.43. The predicted molar refractivity (Wildman–Crippen MR) is 117 cm³/mol. The van der Waals surface area contributed by atoms with Gasteiger partial charge in [0.25, 0.3) is 0 Å². The molecule has 1 aliphatic rings. The highest BCUT2D eigenvalue weighted by atomic mass is 15.3. The molecule has 4 rings (SSSR count). The van der Waals surface area contributed by atoms with Crippen molar-refractivity contribution >= 4 is 22.4 Å². The van der Waals surface area contributed by atoms with Crippen molar-refractivity contribution in [2.45, 2.75) is 19.8 Å². The Kier molecular flexibility index (Phi) is 6.02. The molecule has 5 heteroatoms. The topological polar surface area (TPSA) is 44.3 Å². The van der Waals surface area contributed by atoms with Crippen LogP contribution in [0.4, 0.5) is 11.5 Å². The number of rotatable bonds is 7. The Labute approximate surface area is 167 Å². The number of para-hydroxylation sites is 1. The summed E-state index contributed by atoms with van der Waals surface area (Å²) in [6.45, 7) is 8.77. The summed E-state index contributed by atoms with van der Waals surface area (Å²) < 4.78 is 0. The lowest BCUT2D eigenvalue weighted by Crippen LogP contribution is -2.46. The van der Waals surface area contributed by atoms with Gasteiger partial charge in [-0.05, 0) is 50.6 Å². The van der Waals surface area contributed by atoms with Crippen molar-refractivity contribution in [3.8, 4) is 0 Å². The van der Waals surface area contributed by atoms with Crippen LogP contribution in [-0.2, 0) is 0 Å². The van der Waals surface area contributed by atoms with Crippen molar-refractivity contribution in [1.29, 1.82) is 0 Å². The molecule has 0 unspecified atom stereocenters. The van der Waals surface area contributed by atoms with Gasteiger partial charge in [-0.15, -0.1) is 0 Å². The average molecular weight is 376 g/mol. The van der Waals surface area contributed by atoms with E-state index in [1.165, 1.54) is 24.2 Å². The van der Waals surface area contributed by atoms with E-state index in [0.717, 1.165) is 55.9 Å². The summed E-state index contributed by atoms with van der Waals surface area (Å²) in [6.07, 6.45) is 4.00. The van der Waals surface area contributed by atoms with Crippen molar-refractivity contribution in [2.24, 2.45) is 0 Å². The number of fused-ring (bicyclic) bond motifs is 1. The zero-order valence-electron chi connectivity index (χ0n) is 16.6. The van der Waals surface area contributed by atoms with Crippen LogP contribution in [0.5, 0.6) is 0 Å². The number of aryl methyl sites for hydroxylation is 1. The Morgan fingerprint density at radius 1 is 0.929 bits per heavy atom. The van der Waals surface area contributed by atoms with E-state index in [2.05, 4.69) is 80.5 Å². The van der Waals surface area contributed by atoms with Crippen molar-refractivity contribution in [3.63, 3.8) is 0 Å². The maximum Gasteiger partial charge on any atom is 0.137 e. The molecule has 2 aromatic carbocycles. The summed E-state index contributed by atoms with van der Waals surface area (Å²) in [5.41, 5.74) is 3.58. The van der Waals surface area contributed by atoms with Gasteiger partial charge in [0.15, 0.2) is 0 Å². The van der Waals surface area contributed by atoms with E-state index in [1.807, 2.05) is 0 Å². The molecule has 3 aromatic rings. The van der Waals surface area contributed by atoms with Crippen LogP contribution in [0.3, 0.4) is 0 Å². The fourth-order valence-electron chi connectivity index (χ4n) is 3.85. The highest BCUT2D eigenvalue weighted by molar-refractivity contribution is 5.89. The van der Waals surface area contributed by atoms with Gasteiger partial charge < -0.3 is 10.2 Å². The van der Waals surface area contributed by atoms with Gasteiger partial charge >= 0.3 is 0 Å². The van der Waals surface area contributed by atoms with Gasteiger partial charge in [0.2, 0.25) is 0 Å². The molecule has 0 amide bonds. The maximum atomic E-state index is 4.43. The molecule has 28 heavy (non-hydrogen) atoms. The number of anilines is 2. The first-order valence-corrected chi connectivity index (χ1v) is 10.3. The molecule has 0 bridgehead atoms. The molecular formula is C23H29N5. The van der Waals surface area contributed by atoms with Crippen LogP contribution in [-0.4, -0.2) is 54.1 Å². The summed E-state index contributed by atoms with van der Waals surface area (Å²) in [6, 6.07) is 17.1. The minimum absolute atomic E-state index is 0.948. The Balaban J connectivity index is 1.19. The van der Waals surface area contributed by atoms with Crippen LogP contribution < -0.4 is 10.2 Å². The molecule has 0 aliphatic carbocycles. The Morgan fingerprint density at radius 3 is 2.57 bits per heavy atom. The van der Waals surface area contributed by atoms with Gasteiger partial charge in [0.1, 0.15) is 12.1 Å². The summed E-state index contributed by atoms with van der Waals surface area (Å²) in [5, 5.41) is 4.61. The zero-order valence-corrected chi connectivity index (χ0v) is 16.6. The predicted octanol–water partition coefficient (Wildman–Crippen LogP) is 3.95. The van der Waals surface area contributed by atoms with Gasteiger partial charge in [-0.25, -0.2) is 9.97 Å². The minimum atomic E-state index is 0.948. The van der Waals surface area contributed by atoms with Crippen molar-refractivity contribution < 1.29 is 0 Å². The number of aromatic nitrogens is 2. The first kappa shape index (κ1) is 18.7. The first-order valence-electron chi connectivity index (χ1n) is 10.3. The molecule has 1 fully saturated rings. The van der Waals surface area contributed by atoms with Crippen LogP contribution in [0, 0.1) is 6.92 Å². The lowest BCUT2D eigenvalue weighted by molar-refractivity contribution is 0.254. The van der Waals surface area contributed by atoms with Gasteiger partial charge in [-0.2, -0.15) is 0 Å². The third kappa shape index (κ3) is 4.60. The summed E-state index contributed by atoms with van der Waals surface area (Å²) >= 11 is 0. The second-order valence-corrected chi connectivity index (χ2v) is 7.54. The van der Waals surface area contributed by atoms with E-state index < -0.39 is 0 Å². The molecule has 146 valence electrons. The largest absolute Gasteiger partial charge is 0.369 e. The molecule has 5 nitrogen and oxygen atoms in total. The molecule has 1 saturated heterocycles. The normalized spacial score (nSPS) is 15.1. The summed E-state index contributed by atoms with van der Waals surface area (Å²) in [4.78, 5) is 13.9. The smallest absolute Gasteiger partial charge is 0.137 e. The van der Waals surface area contributed by atoms with Gasteiger partial charge in [0, 0.05) is 43.8 Å². The lowest BCUT2D eigenvalue weighted by atomic mass is 10.1. The summed E-state index contributed by atoms with van der Waals surface area (Å²) in [7, 11) is 0. The number of unbranched alkanes of at least 4 members (excludes halogenated alkanes) is 1. The number of benzene rings is 2. The highest BCUT2D eigenvalue weighted by Gasteiger charge is 2.16. The van der Waals surface area contributed by atoms with Gasteiger partial charge in [0.05, 0.1) is 5.52 Å². The third-order valence-electron chi connectivity index (χ3n) is 5.48. The second-order valence-electron chi connectivity index (χ2n) is 7.54. The van der Waals surface area contributed by atoms with E-state index in [-0.39, 0.29) is 0 Å². The Bertz CT molecular complexity index is 888. The number of nitrogens with zero attached hydrogens (tertiary/aromatic N) is 4. The van der Waals surface area contributed by atoms with E-state index in [1.54, 1.807) is 6.33 Å². The average Bonchev–Trinajstić information content (AvgIpc) is 2.75. The molecule has 0 spiro atoms. The van der Waals surface area contributed by atoms with E-state index >= 15 is 0 Å². The van der Waals surface area contributed by atoms with Crippen molar-refractivity contribution in [2.75, 3.05) is 49.5 Å². The third-order valence-corrected chi connectivity index (χ3v) is 5.48. The summed E-state index contributed by atoms with van der Waals surface area (Å²) in [5.74, 6) is 0.949. The monoisotopic (exact) mass is 375 g/mol. The molecule has 1 aliphatic heterocycles. The van der Waals surface area contributed by atoms with E-state index in [4.69, 9.17) is 0 Å². The highest BCUT2D eigenvalue weighted by Crippen LogP contribution is 2.20.